The van der Waals surface area contributed by atoms with Crippen molar-refractivity contribution in [1.82, 2.24) is 0 Å². The minimum absolute atomic E-state index is 0.158. The summed E-state index contributed by atoms with van der Waals surface area (Å²) in [7, 11) is 0. The van der Waals surface area contributed by atoms with Crippen molar-refractivity contribution in [3.8, 4) is 6.07 Å². The summed E-state index contributed by atoms with van der Waals surface area (Å²) < 4.78 is 0. The molecule has 1 unspecified atom stereocenters. The number of hydrogen-bond donors (Lipinski definition) is 2. The minimum atomic E-state index is -1.98. The summed E-state index contributed by atoms with van der Waals surface area (Å²) in [6.45, 7) is 0. The van der Waals surface area contributed by atoms with E-state index in [4.69, 9.17) is 11.0 Å². The van der Waals surface area contributed by atoms with Gasteiger partial charge in [-0.1, -0.05) is 42.5 Å². The number of carbonyl (C=O) groups is 1. The second kappa shape index (κ2) is 4.81. The van der Waals surface area contributed by atoms with E-state index < -0.39 is 11.5 Å². The minimum Gasteiger partial charge on any atom is -0.371 e. The number of nitriles is 1. The highest BCUT2D eigenvalue weighted by molar-refractivity contribution is 5.88. The van der Waals surface area contributed by atoms with Crippen LogP contribution in [0.3, 0.4) is 0 Å². The first-order valence-electron chi connectivity index (χ1n) is 5.51. The van der Waals surface area contributed by atoms with Crippen LogP contribution in [0.1, 0.15) is 16.7 Å². The molecule has 0 fully saturated rings. The highest BCUT2D eigenvalue weighted by Gasteiger charge is 2.38. The molecule has 0 aliphatic rings. The fraction of sp³-hybridized carbons (Fsp3) is 0.0667. The van der Waals surface area contributed by atoms with Crippen molar-refractivity contribution >= 4 is 5.91 Å². The van der Waals surface area contributed by atoms with Gasteiger partial charge in [-0.15, -0.1) is 0 Å². The zero-order chi connectivity index (χ0) is 13.9. The summed E-state index contributed by atoms with van der Waals surface area (Å²) in [5.74, 6) is -0.909. The second-order valence-electron chi connectivity index (χ2n) is 3.96. The Hall–Kier alpha value is -2.82. The number of rotatable bonds is 3. The van der Waals surface area contributed by atoms with Crippen LogP contribution in [0.4, 0.5) is 0 Å². The number of carbonyl (C=O) groups excluding carboxylic acids is 1. The Morgan fingerprint density at radius 2 is 1.89 bits per heavy atom. The first-order valence-corrected chi connectivity index (χ1v) is 5.51. The van der Waals surface area contributed by atoms with E-state index in [1.165, 1.54) is 12.1 Å². The lowest BCUT2D eigenvalue weighted by Gasteiger charge is -2.24. The molecule has 2 rings (SSSR count). The van der Waals surface area contributed by atoms with Crippen molar-refractivity contribution in [3.05, 3.63) is 71.3 Å². The van der Waals surface area contributed by atoms with E-state index in [0.717, 1.165) is 0 Å². The van der Waals surface area contributed by atoms with Gasteiger partial charge in [-0.3, -0.25) is 4.79 Å². The summed E-state index contributed by atoms with van der Waals surface area (Å²) in [4.78, 5) is 11.6. The van der Waals surface area contributed by atoms with Crippen molar-refractivity contribution in [2.75, 3.05) is 0 Å². The summed E-state index contributed by atoms with van der Waals surface area (Å²) in [5.41, 5.74) is 4.11. The monoisotopic (exact) mass is 250 g/mol. The predicted molar refractivity (Wildman–Crippen MR) is 67.5 cm³/mol. The van der Waals surface area contributed by atoms with E-state index in [9.17, 15) is 9.90 Å². The van der Waals surface area contributed by atoms with Crippen LogP contribution in [0.25, 0.3) is 0 Å². The van der Waals surface area contributed by atoms with Crippen LogP contribution in [0.2, 0.25) is 0 Å². The molecule has 92 valence electrons. The number of aliphatic hydroxyl groups is 1. The molecule has 0 spiro atoms. The third kappa shape index (κ3) is 2.13. The van der Waals surface area contributed by atoms with Crippen molar-refractivity contribution in [2.45, 2.75) is 5.60 Å². The molecule has 0 radical (unpaired) electrons. The molecule has 4 heteroatoms. The first kappa shape index (κ1) is 12.6. The number of primary amides is 1. The van der Waals surface area contributed by atoms with Crippen LogP contribution < -0.4 is 5.73 Å². The normalized spacial score (nSPS) is 12.8. The molecule has 2 aromatic rings. The highest BCUT2D eigenvalue weighted by Crippen LogP contribution is 2.28. The van der Waals surface area contributed by atoms with Crippen LogP contribution in [-0.4, -0.2) is 11.0 Å². The molecule has 3 N–H and O–H groups in total. The molecule has 0 aromatic heterocycles. The average Bonchev–Trinajstić information content (AvgIpc) is 2.47. The number of benzene rings is 1. The Morgan fingerprint density at radius 1 is 1.21 bits per heavy atom. The Bertz CT molecular complexity index is 629. The van der Waals surface area contributed by atoms with Gasteiger partial charge in [0.05, 0.1) is 0 Å². The van der Waals surface area contributed by atoms with Gasteiger partial charge in [-0.25, -0.2) is 0 Å². The predicted octanol–water partition coefficient (Wildman–Crippen LogP) is 0.880. The SMILES string of the molecule is N#Cc1c#cc(C(O)(C(N)=O)c2ccccc2)cc1. The topological polar surface area (TPSA) is 87.1 Å². The van der Waals surface area contributed by atoms with E-state index >= 15 is 0 Å². The Kier molecular flexibility index (Phi) is 3.20. The molecule has 4 nitrogen and oxygen atoms in total. The van der Waals surface area contributed by atoms with Gasteiger partial charge in [0, 0.05) is 5.56 Å². The van der Waals surface area contributed by atoms with Gasteiger partial charge in [0.25, 0.3) is 5.91 Å². The lowest BCUT2D eigenvalue weighted by atomic mass is 9.86. The summed E-state index contributed by atoms with van der Waals surface area (Å²) >= 11 is 0. The number of nitrogens with zero attached hydrogens (tertiary/aromatic N) is 1. The fourth-order valence-electron chi connectivity index (χ4n) is 1.77. The van der Waals surface area contributed by atoms with Gasteiger partial charge in [0.2, 0.25) is 5.60 Å². The smallest absolute Gasteiger partial charge is 0.259 e. The molecule has 1 atom stereocenters. The van der Waals surface area contributed by atoms with Gasteiger partial charge < -0.3 is 10.8 Å². The average molecular weight is 250 g/mol. The molecule has 1 amide bonds. The molecular weight excluding hydrogens is 240 g/mol. The summed E-state index contributed by atoms with van der Waals surface area (Å²) in [6, 6.07) is 18.3. The van der Waals surface area contributed by atoms with E-state index in [1.807, 2.05) is 6.07 Å². The van der Waals surface area contributed by atoms with Gasteiger partial charge >= 0.3 is 0 Å². The highest BCUT2D eigenvalue weighted by atomic mass is 16.3. The van der Waals surface area contributed by atoms with Gasteiger partial charge in [0.1, 0.15) is 11.6 Å². The van der Waals surface area contributed by atoms with E-state index in [0.29, 0.717) is 5.56 Å². The van der Waals surface area contributed by atoms with Crippen LogP contribution in [0.15, 0.2) is 42.5 Å². The van der Waals surface area contributed by atoms with Gasteiger partial charge in [-0.2, -0.15) is 5.26 Å². The van der Waals surface area contributed by atoms with Crippen molar-refractivity contribution in [3.63, 3.8) is 0 Å². The van der Waals surface area contributed by atoms with E-state index in [-0.39, 0.29) is 11.1 Å². The number of amides is 1. The van der Waals surface area contributed by atoms with Crippen LogP contribution >= 0.6 is 0 Å². The maximum atomic E-state index is 11.6. The van der Waals surface area contributed by atoms with E-state index in [2.05, 4.69) is 12.1 Å². The van der Waals surface area contributed by atoms with Gasteiger partial charge in [-0.05, 0) is 17.7 Å². The van der Waals surface area contributed by atoms with Crippen molar-refractivity contribution in [2.24, 2.45) is 5.73 Å². The Balaban J connectivity index is 2.57. The molecule has 0 saturated heterocycles. The van der Waals surface area contributed by atoms with E-state index in [1.54, 1.807) is 30.3 Å². The summed E-state index contributed by atoms with van der Waals surface area (Å²) in [5, 5.41) is 19.3. The molecule has 0 aliphatic heterocycles. The maximum absolute atomic E-state index is 11.6. The van der Waals surface area contributed by atoms with Crippen LogP contribution in [-0.2, 0) is 10.4 Å². The van der Waals surface area contributed by atoms with Crippen LogP contribution in [0, 0.1) is 23.5 Å². The molecule has 2 aromatic carbocycles. The lowest BCUT2D eigenvalue weighted by molar-refractivity contribution is -0.133. The molecule has 0 aliphatic carbocycles. The lowest BCUT2D eigenvalue weighted by Crippen LogP contribution is -2.42. The second-order valence-corrected chi connectivity index (χ2v) is 3.96. The Morgan fingerprint density at radius 3 is 2.37 bits per heavy atom. The fourth-order valence-corrected chi connectivity index (χ4v) is 1.77. The van der Waals surface area contributed by atoms with Crippen molar-refractivity contribution in [1.29, 1.82) is 5.26 Å². The molecule has 0 saturated carbocycles. The number of hydrogen-bond acceptors (Lipinski definition) is 3. The Labute approximate surface area is 110 Å². The zero-order valence-corrected chi connectivity index (χ0v) is 9.92. The summed E-state index contributed by atoms with van der Waals surface area (Å²) in [6.07, 6.45) is 0. The third-order valence-corrected chi connectivity index (χ3v) is 2.81. The largest absolute Gasteiger partial charge is 0.371 e. The number of nitrogens with two attached hydrogens (primary N) is 1. The maximum Gasteiger partial charge on any atom is 0.259 e. The third-order valence-electron chi connectivity index (χ3n) is 2.81. The zero-order valence-electron chi connectivity index (χ0n) is 9.92. The molecule has 0 bridgehead atoms. The molecule has 0 heterocycles. The van der Waals surface area contributed by atoms with Gasteiger partial charge in [0.15, 0.2) is 0 Å². The van der Waals surface area contributed by atoms with Crippen molar-refractivity contribution < 1.29 is 9.90 Å². The quantitative estimate of drug-likeness (QED) is 0.847. The molecular formula is C15H10N2O2. The standard InChI is InChI=1S/C15H10N2O2/c16-10-11-6-8-13(9-7-11)15(19,14(17)18)12-4-2-1-3-5-12/h1-6,8,19H,(H2,17,18). The van der Waals surface area contributed by atoms with Crippen LogP contribution in [0.5, 0.6) is 0 Å². The first-order chi connectivity index (χ1) is 9.09. The molecule has 19 heavy (non-hydrogen) atoms.